The van der Waals surface area contributed by atoms with E-state index in [1.165, 1.54) is 56.2 Å². The first-order valence-corrected chi connectivity index (χ1v) is 18.7. The summed E-state index contributed by atoms with van der Waals surface area (Å²) in [6.45, 7) is 2.38. The summed E-state index contributed by atoms with van der Waals surface area (Å²) in [7, 11) is 0. The van der Waals surface area contributed by atoms with Crippen molar-refractivity contribution < 1.29 is 0 Å². The van der Waals surface area contributed by atoms with Crippen molar-refractivity contribution in [2.45, 2.75) is 50.4 Å². The van der Waals surface area contributed by atoms with E-state index in [9.17, 15) is 0 Å². The van der Waals surface area contributed by atoms with Gasteiger partial charge in [-0.05, 0) is 84.1 Å². The second-order valence-electron chi connectivity index (χ2n) is 14.7. The Balaban J connectivity index is 1.29. The molecule has 0 amide bonds. The highest BCUT2D eigenvalue weighted by molar-refractivity contribution is 5.86. The number of fused-ring (bicyclic) bond motifs is 8. The van der Waals surface area contributed by atoms with E-state index in [-0.39, 0.29) is 11.8 Å². The van der Waals surface area contributed by atoms with E-state index < -0.39 is 5.41 Å². The average molecular weight is 660 g/mol. The molecule has 4 aromatic rings. The molecule has 4 atom stereocenters. The molecule has 248 valence electrons. The molecule has 0 bridgehead atoms. The number of aromatic nitrogens is 2. The van der Waals surface area contributed by atoms with Crippen LogP contribution in [-0.2, 0) is 5.41 Å². The average Bonchev–Trinajstić information content (AvgIpc) is 3.49. The maximum absolute atomic E-state index is 5.78. The van der Waals surface area contributed by atoms with Crippen LogP contribution < -0.4 is 4.90 Å². The fraction of sp³-hybridized carbons (Fsp3) is 0.208. The lowest BCUT2D eigenvalue weighted by molar-refractivity contribution is 0.438. The van der Waals surface area contributed by atoms with Gasteiger partial charge in [-0.25, -0.2) is 9.97 Å². The summed E-state index contributed by atoms with van der Waals surface area (Å²) in [6, 6.07) is 30.9. The topological polar surface area (TPSA) is 29.0 Å². The van der Waals surface area contributed by atoms with Crippen LogP contribution in [0, 0.1) is 11.8 Å². The highest BCUT2D eigenvalue weighted by Crippen LogP contribution is 2.65. The molecule has 5 aliphatic carbocycles. The summed E-state index contributed by atoms with van der Waals surface area (Å²) in [4.78, 5) is 13.9. The van der Waals surface area contributed by atoms with Gasteiger partial charge in [-0.3, -0.25) is 0 Å². The molecule has 3 aromatic carbocycles. The molecule has 1 aromatic heterocycles. The third-order valence-electron chi connectivity index (χ3n) is 11.9. The van der Waals surface area contributed by atoms with Crippen LogP contribution in [0.4, 0.5) is 11.4 Å². The fourth-order valence-corrected chi connectivity index (χ4v) is 9.73. The van der Waals surface area contributed by atoms with E-state index in [1.807, 2.05) is 0 Å². The molecular weight excluding hydrogens is 619 g/mol. The van der Waals surface area contributed by atoms with Crippen molar-refractivity contribution >= 4 is 28.1 Å². The molecular formula is C48H41N3. The first kappa shape index (κ1) is 30.3. The SMILES string of the molecule is C[C@@H]1CC(c2ccccc2)=CC=C1c1nc(C2=CCCC=C2)nc2c1[C@@H]1C=CC=CC1C21C2=C(CCC=C2)N(c2ccccc2)c2ccccc21. The van der Waals surface area contributed by atoms with Crippen molar-refractivity contribution in [3.8, 4) is 0 Å². The molecule has 3 nitrogen and oxygen atoms in total. The van der Waals surface area contributed by atoms with Crippen LogP contribution in [0.1, 0.15) is 78.8 Å². The van der Waals surface area contributed by atoms with Crippen molar-refractivity contribution in [1.29, 1.82) is 0 Å². The van der Waals surface area contributed by atoms with Gasteiger partial charge >= 0.3 is 0 Å². The third kappa shape index (κ3) is 4.57. The Morgan fingerprint density at radius 1 is 0.765 bits per heavy atom. The number of rotatable bonds is 4. The number of benzene rings is 3. The van der Waals surface area contributed by atoms with Crippen molar-refractivity contribution in [2.75, 3.05) is 4.90 Å². The van der Waals surface area contributed by atoms with Gasteiger partial charge in [0.2, 0.25) is 0 Å². The van der Waals surface area contributed by atoms with E-state index in [0.29, 0.717) is 5.92 Å². The summed E-state index contributed by atoms with van der Waals surface area (Å²) in [5, 5.41) is 0. The minimum Gasteiger partial charge on any atom is -0.314 e. The van der Waals surface area contributed by atoms with E-state index in [0.717, 1.165) is 49.2 Å². The number of anilines is 2. The number of hydrogen-bond donors (Lipinski definition) is 0. The molecule has 10 rings (SSSR count). The molecule has 1 spiro atoms. The molecule has 2 unspecified atom stereocenters. The summed E-state index contributed by atoms with van der Waals surface area (Å²) >= 11 is 0. The molecule has 0 radical (unpaired) electrons. The minimum absolute atomic E-state index is 0.151. The lowest BCUT2D eigenvalue weighted by atomic mass is 9.60. The molecule has 51 heavy (non-hydrogen) atoms. The molecule has 0 saturated carbocycles. The van der Waals surface area contributed by atoms with Crippen molar-refractivity contribution in [1.82, 2.24) is 9.97 Å². The second-order valence-corrected chi connectivity index (χ2v) is 14.7. The predicted molar refractivity (Wildman–Crippen MR) is 210 cm³/mol. The maximum Gasteiger partial charge on any atom is 0.159 e. The van der Waals surface area contributed by atoms with Crippen molar-refractivity contribution in [2.24, 2.45) is 11.8 Å². The number of nitrogens with zero attached hydrogens (tertiary/aromatic N) is 3. The van der Waals surface area contributed by atoms with Crippen LogP contribution >= 0.6 is 0 Å². The number of para-hydroxylation sites is 2. The smallest absolute Gasteiger partial charge is 0.159 e. The second kappa shape index (κ2) is 12.1. The molecule has 6 aliphatic rings. The quantitative estimate of drug-likeness (QED) is 0.218. The van der Waals surface area contributed by atoms with Gasteiger partial charge in [0.15, 0.2) is 5.82 Å². The maximum atomic E-state index is 5.78. The van der Waals surface area contributed by atoms with Crippen LogP contribution in [0.25, 0.3) is 16.7 Å². The van der Waals surface area contributed by atoms with Crippen LogP contribution in [0.15, 0.2) is 163 Å². The van der Waals surface area contributed by atoms with E-state index >= 15 is 0 Å². The van der Waals surface area contributed by atoms with Crippen LogP contribution in [0.2, 0.25) is 0 Å². The highest BCUT2D eigenvalue weighted by Gasteiger charge is 2.60. The Hall–Kier alpha value is -5.54. The number of allylic oxidation sites excluding steroid dienone is 16. The van der Waals surface area contributed by atoms with Gasteiger partial charge < -0.3 is 4.90 Å². The van der Waals surface area contributed by atoms with Crippen molar-refractivity contribution in [3.63, 3.8) is 0 Å². The van der Waals surface area contributed by atoms with E-state index in [2.05, 4.69) is 164 Å². The van der Waals surface area contributed by atoms with Gasteiger partial charge in [0, 0.05) is 34.4 Å². The van der Waals surface area contributed by atoms with Crippen LogP contribution in [-0.4, -0.2) is 9.97 Å². The van der Waals surface area contributed by atoms with Crippen LogP contribution in [0.3, 0.4) is 0 Å². The largest absolute Gasteiger partial charge is 0.314 e. The summed E-state index contributed by atoms with van der Waals surface area (Å²) in [5.41, 5.74) is 14.8. The van der Waals surface area contributed by atoms with Crippen LogP contribution in [0.5, 0.6) is 0 Å². The van der Waals surface area contributed by atoms with Gasteiger partial charge in [0.05, 0.1) is 22.5 Å². The summed E-state index contributed by atoms with van der Waals surface area (Å²) in [6.07, 6.45) is 30.9. The number of hydrogen-bond acceptors (Lipinski definition) is 3. The molecule has 3 heteroatoms. The lowest BCUT2D eigenvalue weighted by Gasteiger charge is -2.48. The van der Waals surface area contributed by atoms with Gasteiger partial charge in [-0.15, -0.1) is 0 Å². The Morgan fingerprint density at radius 3 is 2.37 bits per heavy atom. The third-order valence-corrected chi connectivity index (χ3v) is 11.9. The zero-order chi connectivity index (χ0) is 33.9. The molecule has 0 saturated heterocycles. The van der Waals surface area contributed by atoms with Gasteiger partial charge in [-0.1, -0.05) is 140 Å². The molecule has 2 heterocycles. The Kier molecular flexibility index (Phi) is 7.16. The normalized spacial score (nSPS) is 25.5. The minimum atomic E-state index is -0.468. The van der Waals surface area contributed by atoms with Gasteiger partial charge in [-0.2, -0.15) is 0 Å². The zero-order valence-electron chi connectivity index (χ0n) is 29.0. The highest BCUT2D eigenvalue weighted by atomic mass is 15.2. The van der Waals surface area contributed by atoms with Gasteiger partial charge in [0.25, 0.3) is 0 Å². The first-order chi connectivity index (χ1) is 25.2. The lowest BCUT2D eigenvalue weighted by Crippen LogP contribution is -2.43. The Bertz CT molecular complexity index is 2310. The molecule has 1 aliphatic heterocycles. The van der Waals surface area contributed by atoms with Gasteiger partial charge in [0.1, 0.15) is 0 Å². The molecule has 0 fully saturated rings. The fourth-order valence-electron chi connectivity index (χ4n) is 9.73. The standard InChI is InChI=1S/C48H41N3/c1-32-31-35(33-17-5-2-6-18-33)29-30-37(32)45-44-38-23-11-12-24-39(38)48(46(44)50-47(49-45)34-19-7-3-8-20-34)40-25-13-15-27-42(40)51(36-21-9-4-10-22-36)43-28-16-14-26-41(43)48/h2,4-7,9-15,17-27,29-30,32,38-39H,3,8,16,28,31H2,1H3/t32-,38-,39?,48?/m1/s1. The first-order valence-electron chi connectivity index (χ1n) is 18.7. The Labute approximate surface area is 301 Å². The zero-order valence-corrected chi connectivity index (χ0v) is 29.0. The van der Waals surface area contributed by atoms with Crippen molar-refractivity contribution in [3.05, 3.63) is 197 Å². The summed E-state index contributed by atoms with van der Waals surface area (Å²) < 4.78 is 0. The Morgan fingerprint density at radius 2 is 1.55 bits per heavy atom. The van der Waals surface area contributed by atoms with E-state index in [1.54, 1.807) is 0 Å². The summed E-state index contributed by atoms with van der Waals surface area (Å²) in [5.74, 6) is 1.47. The van der Waals surface area contributed by atoms with E-state index in [4.69, 9.17) is 9.97 Å². The molecule has 0 N–H and O–H groups in total. The predicted octanol–water partition coefficient (Wildman–Crippen LogP) is 11.6. The monoisotopic (exact) mass is 659 g/mol.